The van der Waals surface area contributed by atoms with Crippen molar-refractivity contribution in [2.24, 2.45) is 5.92 Å². The fourth-order valence-corrected chi connectivity index (χ4v) is 2.76. The summed E-state index contributed by atoms with van der Waals surface area (Å²) in [6, 6.07) is 0.296. The first kappa shape index (κ1) is 16.1. The van der Waals surface area contributed by atoms with E-state index in [1.807, 2.05) is 4.90 Å². The van der Waals surface area contributed by atoms with Crippen LogP contribution < -0.4 is 5.32 Å². The van der Waals surface area contributed by atoms with E-state index >= 15 is 0 Å². The molecule has 0 aromatic carbocycles. The Hall–Kier alpha value is -1.30. The maximum atomic E-state index is 12.2. The van der Waals surface area contributed by atoms with E-state index < -0.39 is 5.97 Å². The normalized spacial score (nSPS) is 21.1. The number of nitrogens with one attached hydrogen (secondary N) is 1. The quantitative estimate of drug-likeness (QED) is 0.751. The molecule has 1 aliphatic heterocycles. The van der Waals surface area contributed by atoms with Crippen LogP contribution in [0.4, 0.5) is 4.79 Å². The molecule has 2 aliphatic rings. The van der Waals surface area contributed by atoms with E-state index in [0.29, 0.717) is 25.9 Å². The van der Waals surface area contributed by atoms with Crippen molar-refractivity contribution in [3.8, 4) is 0 Å². The Morgan fingerprint density at radius 3 is 2.48 bits per heavy atom. The Morgan fingerprint density at radius 2 is 1.95 bits per heavy atom. The van der Waals surface area contributed by atoms with Gasteiger partial charge in [-0.25, -0.2) is 9.59 Å². The highest BCUT2D eigenvalue weighted by Crippen LogP contribution is 2.34. The maximum Gasteiger partial charge on any atom is 0.329 e. The monoisotopic (exact) mass is 298 g/mol. The second kappa shape index (κ2) is 7.64. The Morgan fingerprint density at radius 1 is 1.29 bits per heavy atom. The Balaban J connectivity index is 1.68. The lowest BCUT2D eigenvalue weighted by Crippen LogP contribution is -2.49. The highest BCUT2D eigenvalue weighted by atomic mass is 16.5. The minimum Gasteiger partial charge on any atom is -0.480 e. The van der Waals surface area contributed by atoms with Gasteiger partial charge in [0.15, 0.2) is 0 Å². The Labute approximate surface area is 125 Å². The molecule has 1 atom stereocenters. The van der Waals surface area contributed by atoms with E-state index in [1.165, 1.54) is 12.8 Å². The van der Waals surface area contributed by atoms with Gasteiger partial charge >= 0.3 is 12.0 Å². The number of likely N-dealkylation sites (tertiary alicyclic amines) is 1. The van der Waals surface area contributed by atoms with Gasteiger partial charge in [0.25, 0.3) is 0 Å². The average molecular weight is 298 g/mol. The lowest BCUT2D eigenvalue weighted by atomic mass is 10.1. The van der Waals surface area contributed by atoms with Crippen molar-refractivity contribution in [2.45, 2.75) is 57.6 Å². The molecule has 1 saturated carbocycles. The molecule has 0 aromatic heterocycles. The van der Waals surface area contributed by atoms with E-state index in [9.17, 15) is 9.59 Å². The zero-order valence-electron chi connectivity index (χ0n) is 12.7. The van der Waals surface area contributed by atoms with Gasteiger partial charge in [0.05, 0.1) is 6.10 Å². The summed E-state index contributed by atoms with van der Waals surface area (Å²) in [5, 5.41) is 11.7. The first-order valence-corrected chi connectivity index (χ1v) is 7.97. The Bertz CT molecular complexity index is 363. The average Bonchev–Trinajstić information content (AvgIpc) is 3.28. The van der Waals surface area contributed by atoms with Gasteiger partial charge in [0.2, 0.25) is 0 Å². The molecule has 1 unspecified atom stereocenters. The molecular weight excluding hydrogens is 272 g/mol. The molecule has 2 fully saturated rings. The van der Waals surface area contributed by atoms with Gasteiger partial charge < -0.3 is 20.1 Å². The van der Waals surface area contributed by atoms with Crippen molar-refractivity contribution in [1.82, 2.24) is 10.2 Å². The number of carboxylic acids is 1. The number of aliphatic carboxylic acids is 1. The standard InChI is InChI=1S/C15H26N2O4/c1-2-12(9-11-3-4-11)16-15(20)17-7-5-13(6-8-17)21-10-14(18)19/h11-13H,2-10H2,1H3,(H,16,20)(H,18,19). The van der Waals surface area contributed by atoms with Crippen molar-refractivity contribution in [1.29, 1.82) is 0 Å². The molecule has 6 heteroatoms. The number of hydrogen-bond acceptors (Lipinski definition) is 3. The van der Waals surface area contributed by atoms with Gasteiger partial charge in [-0.2, -0.15) is 0 Å². The van der Waals surface area contributed by atoms with Crippen LogP contribution in [0.3, 0.4) is 0 Å². The second-order valence-electron chi connectivity index (χ2n) is 6.12. The van der Waals surface area contributed by atoms with Crippen LogP contribution in [0.15, 0.2) is 0 Å². The maximum absolute atomic E-state index is 12.2. The summed E-state index contributed by atoms with van der Waals surface area (Å²) in [5.41, 5.74) is 0. The number of carboxylic acid groups (broad SMARTS) is 1. The van der Waals surface area contributed by atoms with Crippen LogP contribution >= 0.6 is 0 Å². The van der Waals surface area contributed by atoms with E-state index in [0.717, 1.165) is 18.8 Å². The predicted molar refractivity (Wildman–Crippen MR) is 78.1 cm³/mol. The fraction of sp³-hybridized carbons (Fsp3) is 0.867. The number of rotatable bonds is 7. The first-order chi connectivity index (χ1) is 10.1. The summed E-state index contributed by atoms with van der Waals surface area (Å²) in [4.78, 5) is 24.5. The summed E-state index contributed by atoms with van der Waals surface area (Å²) in [5.74, 6) is -0.133. The number of nitrogens with zero attached hydrogens (tertiary/aromatic N) is 1. The number of carbonyl (C=O) groups excluding carboxylic acids is 1. The molecule has 0 radical (unpaired) electrons. The topological polar surface area (TPSA) is 78.9 Å². The molecule has 1 aliphatic carbocycles. The molecule has 1 saturated heterocycles. The minimum absolute atomic E-state index is 0.0131. The van der Waals surface area contributed by atoms with Gasteiger partial charge in [-0.15, -0.1) is 0 Å². The molecule has 6 nitrogen and oxygen atoms in total. The summed E-state index contributed by atoms with van der Waals surface area (Å²) in [6.45, 7) is 3.13. The largest absolute Gasteiger partial charge is 0.480 e. The molecule has 120 valence electrons. The summed E-state index contributed by atoms with van der Waals surface area (Å²) in [6.07, 6.45) is 6.05. The third-order valence-electron chi connectivity index (χ3n) is 4.31. The second-order valence-corrected chi connectivity index (χ2v) is 6.12. The molecular formula is C15H26N2O4. The first-order valence-electron chi connectivity index (χ1n) is 7.97. The highest BCUT2D eigenvalue weighted by Gasteiger charge is 2.28. The third kappa shape index (κ3) is 5.53. The van der Waals surface area contributed by atoms with Gasteiger partial charge in [-0.05, 0) is 31.6 Å². The van der Waals surface area contributed by atoms with Crippen molar-refractivity contribution < 1.29 is 19.4 Å². The zero-order valence-corrected chi connectivity index (χ0v) is 12.7. The number of piperidine rings is 1. The van der Waals surface area contributed by atoms with Gasteiger partial charge in [0.1, 0.15) is 6.61 Å². The number of carbonyl (C=O) groups is 2. The number of hydrogen-bond donors (Lipinski definition) is 2. The van der Waals surface area contributed by atoms with Crippen LogP contribution in [0, 0.1) is 5.92 Å². The van der Waals surface area contributed by atoms with Crippen molar-refractivity contribution in [3.05, 3.63) is 0 Å². The zero-order chi connectivity index (χ0) is 15.2. The number of amides is 2. The minimum atomic E-state index is -0.943. The van der Waals surface area contributed by atoms with Crippen LogP contribution in [-0.2, 0) is 9.53 Å². The van der Waals surface area contributed by atoms with Crippen LogP contribution in [0.5, 0.6) is 0 Å². The van der Waals surface area contributed by atoms with Crippen molar-refractivity contribution in [3.63, 3.8) is 0 Å². The molecule has 2 N–H and O–H groups in total. The van der Waals surface area contributed by atoms with Crippen molar-refractivity contribution in [2.75, 3.05) is 19.7 Å². The van der Waals surface area contributed by atoms with Gasteiger partial charge in [0, 0.05) is 19.1 Å². The smallest absolute Gasteiger partial charge is 0.329 e. The molecule has 2 amide bonds. The van der Waals surface area contributed by atoms with E-state index in [2.05, 4.69) is 12.2 Å². The molecule has 0 bridgehead atoms. The summed E-state index contributed by atoms with van der Waals surface area (Å²) < 4.78 is 5.28. The number of ether oxygens (including phenoxy) is 1. The summed E-state index contributed by atoms with van der Waals surface area (Å²) in [7, 11) is 0. The molecule has 0 aromatic rings. The molecule has 0 spiro atoms. The molecule has 21 heavy (non-hydrogen) atoms. The van der Waals surface area contributed by atoms with E-state index in [4.69, 9.17) is 9.84 Å². The Kier molecular flexibility index (Phi) is 5.85. The van der Waals surface area contributed by atoms with Crippen LogP contribution in [-0.4, -0.2) is 53.8 Å². The van der Waals surface area contributed by atoms with Crippen LogP contribution in [0.2, 0.25) is 0 Å². The summed E-state index contributed by atoms with van der Waals surface area (Å²) >= 11 is 0. The highest BCUT2D eigenvalue weighted by molar-refractivity contribution is 5.74. The number of urea groups is 1. The lowest BCUT2D eigenvalue weighted by molar-refractivity contribution is -0.145. The van der Waals surface area contributed by atoms with Crippen LogP contribution in [0.25, 0.3) is 0 Å². The fourth-order valence-electron chi connectivity index (χ4n) is 2.76. The lowest BCUT2D eigenvalue weighted by Gasteiger charge is -2.33. The molecule has 2 rings (SSSR count). The molecule has 1 heterocycles. The van der Waals surface area contributed by atoms with Crippen molar-refractivity contribution >= 4 is 12.0 Å². The van der Waals surface area contributed by atoms with Gasteiger partial charge in [-0.3, -0.25) is 0 Å². The SMILES string of the molecule is CCC(CC1CC1)NC(=O)N1CCC(OCC(=O)O)CC1. The third-order valence-corrected chi connectivity index (χ3v) is 4.31. The van der Waals surface area contributed by atoms with E-state index in [-0.39, 0.29) is 24.8 Å². The van der Waals surface area contributed by atoms with Gasteiger partial charge in [-0.1, -0.05) is 19.8 Å². The van der Waals surface area contributed by atoms with Crippen LogP contribution in [0.1, 0.15) is 45.4 Å². The predicted octanol–water partition coefficient (Wildman–Crippen LogP) is 1.84. The van der Waals surface area contributed by atoms with E-state index in [1.54, 1.807) is 0 Å².